The molecule has 0 saturated carbocycles. The van der Waals surface area contributed by atoms with Crippen LogP contribution in [0.4, 0.5) is 11.8 Å². The number of nitrogens with zero attached hydrogens (tertiary/aromatic N) is 5. The SMILES string of the molecule is Cc1cccc(C)c1-c1cc2nc(n1)NS(=O)(=O)c1cccc(c1)C(=O)N(Cc1ccc(N3CCCC(C)C3)nc1)[C@H](CC(C)C)CO2. The molecule has 10 nitrogen and oxygen atoms in total. The van der Waals surface area contributed by atoms with Crippen molar-refractivity contribution in [3.8, 4) is 17.1 Å². The lowest BCUT2D eigenvalue weighted by Gasteiger charge is -2.34. The molecule has 2 atom stereocenters. The maximum atomic E-state index is 14.4. The van der Waals surface area contributed by atoms with Crippen molar-refractivity contribution in [1.29, 1.82) is 0 Å². The van der Waals surface area contributed by atoms with Gasteiger partial charge in [0.15, 0.2) is 0 Å². The number of hydrogen-bond donors (Lipinski definition) is 1. The lowest BCUT2D eigenvalue weighted by atomic mass is 10.00. The summed E-state index contributed by atoms with van der Waals surface area (Å²) in [5.74, 6) is 1.63. The number of carbonyl (C=O) groups is 1. The molecule has 1 N–H and O–H groups in total. The van der Waals surface area contributed by atoms with E-state index in [4.69, 9.17) is 9.72 Å². The Morgan fingerprint density at radius 3 is 2.50 bits per heavy atom. The summed E-state index contributed by atoms with van der Waals surface area (Å²) in [5, 5.41) is 0. The fourth-order valence-corrected chi connectivity index (χ4v) is 7.69. The normalized spacial score (nSPS) is 19.5. The lowest BCUT2D eigenvalue weighted by Crippen LogP contribution is -2.44. The molecule has 4 bridgehead atoms. The number of benzene rings is 2. The molecule has 4 aromatic rings. The molecule has 2 aromatic carbocycles. The topological polar surface area (TPSA) is 118 Å². The number of carbonyl (C=O) groups excluding carboxylic acids is 1. The van der Waals surface area contributed by atoms with E-state index < -0.39 is 10.0 Å². The summed E-state index contributed by atoms with van der Waals surface area (Å²) in [6.45, 7) is 12.9. The highest BCUT2D eigenvalue weighted by Gasteiger charge is 2.29. The van der Waals surface area contributed by atoms with Crippen LogP contribution in [0.5, 0.6) is 5.88 Å². The third-order valence-electron chi connectivity index (χ3n) is 9.07. The van der Waals surface area contributed by atoms with E-state index in [-0.39, 0.29) is 53.3 Å². The van der Waals surface area contributed by atoms with Gasteiger partial charge in [0.1, 0.15) is 12.4 Å². The van der Waals surface area contributed by atoms with Gasteiger partial charge in [-0.25, -0.2) is 23.1 Å². The van der Waals surface area contributed by atoms with Crippen molar-refractivity contribution in [2.24, 2.45) is 11.8 Å². The number of aryl methyl sites for hydroxylation is 2. The Balaban J connectivity index is 1.41. The molecular formula is C37H44N6O4S. The monoisotopic (exact) mass is 668 g/mol. The number of nitrogens with one attached hydrogen (secondary N) is 1. The molecule has 0 aliphatic carbocycles. The zero-order chi connectivity index (χ0) is 34.0. The van der Waals surface area contributed by atoms with E-state index in [0.29, 0.717) is 18.0 Å². The van der Waals surface area contributed by atoms with Gasteiger partial charge in [-0.1, -0.05) is 51.1 Å². The number of amides is 1. The Kier molecular flexibility index (Phi) is 9.68. The van der Waals surface area contributed by atoms with Crippen molar-refractivity contribution < 1.29 is 17.9 Å². The minimum Gasteiger partial charge on any atom is -0.475 e. The minimum absolute atomic E-state index is 0.0571. The van der Waals surface area contributed by atoms with E-state index in [9.17, 15) is 13.2 Å². The first-order valence-electron chi connectivity index (χ1n) is 16.7. The summed E-state index contributed by atoms with van der Waals surface area (Å²) in [5.41, 5.74) is 4.54. The Hall–Kier alpha value is -4.51. The predicted octanol–water partition coefficient (Wildman–Crippen LogP) is 6.64. The summed E-state index contributed by atoms with van der Waals surface area (Å²) < 4.78 is 36.2. The van der Waals surface area contributed by atoms with Crippen LogP contribution in [0.25, 0.3) is 11.3 Å². The number of anilines is 2. The number of fused-ring (bicyclic) bond motifs is 4. The second kappa shape index (κ2) is 13.9. The molecule has 0 radical (unpaired) electrons. The van der Waals surface area contributed by atoms with Gasteiger partial charge in [-0.2, -0.15) is 4.98 Å². The standard InChI is InChI=1S/C37H44N6O4S/c1-24(2)17-30-23-47-34-19-32(35-26(4)10-6-11-27(35)5)39-37(40-34)41-48(45,46)31-13-7-12-29(18-31)36(44)43(30)22-28-14-15-33(38-20-28)42-16-8-9-25(3)21-42/h6-7,10-15,18-20,24-25,30H,8-9,16-17,21-23H2,1-5H3,(H,39,40,41)/t25?,30-/m1/s1. The summed E-state index contributed by atoms with van der Waals surface area (Å²) in [7, 11) is -4.15. The molecule has 1 amide bonds. The molecular weight excluding hydrogens is 625 g/mol. The predicted molar refractivity (Wildman–Crippen MR) is 188 cm³/mol. The molecule has 252 valence electrons. The average molecular weight is 669 g/mol. The van der Waals surface area contributed by atoms with Crippen LogP contribution in [0.1, 0.15) is 67.1 Å². The Morgan fingerprint density at radius 2 is 1.79 bits per heavy atom. The number of hydrogen-bond acceptors (Lipinski definition) is 8. The van der Waals surface area contributed by atoms with Gasteiger partial charge in [-0.05, 0) is 85.9 Å². The van der Waals surface area contributed by atoms with Crippen molar-refractivity contribution in [2.75, 3.05) is 29.3 Å². The minimum atomic E-state index is -4.15. The fraction of sp³-hybridized carbons (Fsp3) is 0.405. The Bertz CT molecular complexity index is 1880. The molecule has 4 heterocycles. The summed E-state index contributed by atoms with van der Waals surface area (Å²) in [6, 6.07) is 17.5. The zero-order valence-corrected chi connectivity index (χ0v) is 29.1. The molecule has 2 aromatic heterocycles. The summed E-state index contributed by atoms with van der Waals surface area (Å²) >= 11 is 0. The summed E-state index contributed by atoms with van der Waals surface area (Å²) in [4.78, 5) is 32.3. The van der Waals surface area contributed by atoms with Crippen LogP contribution in [0.15, 0.2) is 71.8 Å². The molecule has 2 aliphatic heterocycles. The average Bonchev–Trinajstić information content (AvgIpc) is 3.05. The van der Waals surface area contributed by atoms with E-state index in [1.807, 2.05) is 50.4 Å². The number of piperidine rings is 1. The van der Waals surface area contributed by atoms with Crippen molar-refractivity contribution in [2.45, 2.75) is 71.4 Å². The molecule has 1 saturated heterocycles. The van der Waals surface area contributed by atoms with E-state index in [1.54, 1.807) is 23.1 Å². The third-order valence-corrected chi connectivity index (χ3v) is 10.4. The third kappa shape index (κ3) is 7.46. The fourth-order valence-electron chi connectivity index (χ4n) is 6.70. The first-order chi connectivity index (χ1) is 23.0. The van der Waals surface area contributed by atoms with Gasteiger partial charge in [0.2, 0.25) is 11.8 Å². The number of aromatic nitrogens is 3. The zero-order valence-electron chi connectivity index (χ0n) is 28.3. The Labute approximate surface area is 283 Å². The number of sulfonamides is 1. The van der Waals surface area contributed by atoms with Gasteiger partial charge in [-0.3, -0.25) is 4.79 Å². The van der Waals surface area contributed by atoms with E-state index in [1.165, 1.54) is 18.6 Å². The maximum absolute atomic E-state index is 14.4. The van der Waals surface area contributed by atoms with Crippen LogP contribution in [-0.2, 0) is 16.6 Å². The lowest BCUT2D eigenvalue weighted by molar-refractivity contribution is 0.0553. The number of ether oxygens (including phenoxy) is 1. The summed E-state index contributed by atoms with van der Waals surface area (Å²) in [6.07, 6.45) is 4.87. The van der Waals surface area contributed by atoms with Crippen LogP contribution in [-0.4, -0.2) is 59.9 Å². The molecule has 0 spiro atoms. The van der Waals surface area contributed by atoms with Crippen molar-refractivity contribution >= 4 is 27.7 Å². The van der Waals surface area contributed by atoms with Crippen molar-refractivity contribution in [3.63, 3.8) is 0 Å². The van der Waals surface area contributed by atoms with Gasteiger partial charge in [0.25, 0.3) is 15.9 Å². The largest absolute Gasteiger partial charge is 0.475 e. The van der Waals surface area contributed by atoms with Crippen molar-refractivity contribution in [1.82, 2.24) is 19.9 Å². The van der Waals surface area contributed by atoms with Crippen LogP contribution in [0, 0.1) is 25.7 Å². The quantitative estimate of drug-likeness (QED) is 0.243. The number of pyridine rings is 1. The van der Waals surface area contributed by atoms with Crippen molar-refractivity contribution in [3.05, 3.63) is 89.1 Å². The smallest absolute Gasteiger partial charge is 0.264 e. The Morgan fingerprint density at radius 1 is 1.02 bits per heavy atom. The second-order valence-electron chi connectivity index (χ2n) is 13.6. The van der Waals surface area contributed by atoms with Crippen LogP contribution < -0.4 is 14.4 Å². The first kappa shape index (κ1) is 33.4. The van der Waals surface area contributed by atoms with E-state index >= 15 is 0 Å². The molecule has 1 unspecified atom stereocenters. The molecule has 48 heavy (non-hydrogen) atoms. The van der Waals surface area contributed by atoms with Crippen LogP contribution in [0.2, 0.25) is 0 Å². The van der Waals surface area contributed by atoms with Gasteiger partial charge in [0, 0.05) is 43.0 Å². The van der Waals surface area contributed by atoms with Crippen LogP contribution >= 0.6 is 0 Å². The number of rotatable bonds is 6. The van der Waals surface area contributed by atoms with Gasteiger partial charge in [-0.15, -0.1) is 0 Å². The highest BCUT2D eigenvalue weighted by atomic mass is 32.2. The van der Waals surface area contributed by atoms with Gasteiger partial charge < -0.3 is 14.5 Å². The molecule has 2 aliphatic rings. The van der Waals surface area contributed by atoms with Crippen LogP contribution in [0.3, 0.4) is 0 Å². The maximum Gasteiger partial charge on any atom is 0.264 e. The second-order valence-corrected chi connectivity index (χ2v) is 15.2. The highest BCUT2D eigenvalue weighted by Crippen LogP contribution is 2.31. The molecule has 11 heteroatoms. The molecule has 1 fully saturated rings. The van der Waals surface area contributed by atoms with Gasteiger partial charge >= 0.3 is 0 Å². The van der Waals surface area contributed by atoms with Gasteiger partial charge in [0.05, 0.1) is 16.6 Å². The highest BCUT2D eigenvalue weighted by molar-refractivity contribution is 7.92. The van der Waals surface area contributed by atoms with E-state index in [0.717, 1.165) is 47.6 Å². The van der Waals surface area contributed by atoms with E-state index in [2.05, 4.69) is 40.4 Å². The molecule has 6 rings (SSSR count). The first-order valence-corrected chi connectivity index (χ1v) is 18.2.